The Bertz CT molecular complexity index is 836. The van der Waals surface area contributed by atoms with E-state index in [0.717, 1.165) is 11.3 Å². The number of hydrogen-bond donors (Lipinski definition) is 1. The van der Waals surface area contributed by atoms with Gasteiger partial charge in [0.1, 0.15) is 12.4 Å². The van der Waals surface area contributed by atoms with Crippen molar-refractivity contribution in [2.24, 2.45) is 0 Å². The van der Waals surface area contributed by atoms with Gasteiger partial charge in [-0.3, -0.25) is 19.7 Å². The molecule has 8 nitrogen and oxygen atoms in total. The van der Waals surface area contributed by atoms with Gasteiger partial charge in [0.15, 0.2) is 0 Å². The van der Waals surface area contributed by atoms with E-state index in [1.807, 2.05) is 31.2 Å². The first kappa shape index (κ1) is 20.9. The molecule has 0 saturated carbocycles. The Labute approximate surface area is 163 Å². The number of hydrogen-bond acceptors (Lipinski definition) is 5. The Hall–Kier alpha value is -3.42. The molecular formula is C20H23N3O5. The highest BCUT2D eigenvalue weighted by Gasteiger charge is 2.12. The molecule has 0 aliphatic carbocycles. The number of nitro groups is 1. The van der Waals surface area contributed by atoms with E-state index in [-0.39, 0.29) is 30.5 Å². The highest BCUT2D eigenvalue weighted by molar-refractivity contribution is 5.94. The molecule has 2 aromatic carbocycles. The molecule has 0 spiro atoms. The van der Waals surface area contributed by atoms with Crippen LogP contribution in [0.4, 0.5) is 5.69 Å². The molecule has 2 aromatic rings. The van der Waals surface area contributed by atoms with Gasteiger partial charge in [-0.2, -0.15) is 0 Å². The van der Waals surface area contributed by atoms with Crippen LogP contribution < -0.4 is 10.1 Å². The number of rotatable bonds is 9. The second-order valence-corrected chi connectivity index (χ2v) is 6.29. The van der Waals surface area contributed by atoms with Crippen molar-refractivity contribution in [2.75, 3.05) is 26.7 Å². The number of carbonyl (C=O) groups is 2. The lowest BCUT2D eigenvalue weighted by molar-refractivity contribution is -0.384. The molecular weight excluding hydrogens is 362 g/mol. The topological polar surface area (TPSA) is 102 Å². The zero-order chi connectivity index (χ0) is 20.5. The molecule has 0 bridgehead atoms. The van der Waals surface area contributed by atoms with Crippen LogP contribution in [0.1, 0.15) is 22.3 Å². The van der Waals surface area contributed by atoms with Gasteiger partial charge < -0.3 is 15.0 Å². The lowest BCUT2D eigenvalue weighted by Crippen LogP contribution is -2.34. The lowest BCUT2D eigenvalue weighted by atomic mass is 10.2. The maximum atomic E-state index is 12.1. The first-order valence-electron chi connectivity index (χ1n) is 8.83. The lowest BCUT2D eigenvalue weighted by Gasteiger charge is -2.17. The summed E-state index contributed by atoms with van der Waals surface area (Å²) in [4.78, 5) is 35.8. The summed E-state index contributed by atoms with van der Waals surface area (Å²) in [6.07, 6.45) is 0.152. The predicted molar refractivity (Wildman–Crippen MR) is 104 cm³/mol. The summed E-state index contributed by atoms with van der Waals surface area (Å²) in [5.41, 5.74) is 1.32. The molecule has 8 heteroatoms. The number of aryl methyl sites for hydroxylation is 1. The second-order valence-electron chi connectivity index (χ2n) is 6.29. The van der Waals surface area contributed by atoms with Crippen LogP contribution in [-0.2, 0) is 4.79 Å². The first-order valence-corrected chi connectivity index (χ1v) is 8.83. The quantitative estimate of drug-likeness (QED) is 0.528. The van der Waals surface area contributed by atoms with Gasteiger partial charge >= 0.3 is 0 Å². The van der Waals surface area contributed by atoms with Crippen LogP contribution in [-0.4, -0.2) is 48.4 Å². The van der Waals surface area contributed by atoms with E-state index in [4.69, 9.17) is 4.74 Å². The minimum Gasteiger partial charge on any atom is -0.492 e. The van der Waals surface area contributed by atoms with Gasteiger partial charge in [0, 0.05) is 37.7 Å². The summed E-state index contributed by atoms with van der Waals surface area (Å²) in [6.45, 7) is 2.97. The van der Waals surface area contributed by atoms with E-state index >= 15 is 0 Å². The van der Waals surface area contributed by atoms with Gasteiger partial charge in [0.2, 0.25) is 5.91 Å². The third-order valence-corrected chi connectivity index (χ3v) is 4.08. The van der Waals surface area contributed by atoms with Crippen LogP contribution in [0.25, 0.3) is 0 Å². The summed E-state index contributed by atoms with van der Waals surface area (Å²) in [5.74, 6) is 0.265. The van der Waals surface area contributed by atoms with Crippen LogP contribution in [0.2, 0.25) is 0 Å². The summed E-state index contributed by atoms with van der Waals surface area (Å²) in [7, 11) is 1.68. The number of nitrogens with one attached hydrogen (secondary N) is 1. The average molecular weight is 385 g/mol. The van der Waals surface area contributed by atoms with Crippen LogP contribution in [0.3, 0.4) is 0 Å². The predicted octanol–water partition coefficient (Wildman–Crippen LogP) is 2.56. The smallest absolute Gasteiger partial charge is 0.269 e. The molecule has 1 N–H and O–H groups in total. The van der Waals surface area contributed by atoms with E-state index in [0.29, 0.717) is 18.7 Å². The molecule has 0 aliphatic rings. The van der Waals surface area contributed by atoms with E-state index in [1.54, 1.807) is 11.9 Å². The summed E-state index contributed by atoms with van der Waals surface area (Å²) < 4.78 is 5.62. The van der Waals surface area contributed by atoms with Crippen LogP contribution in [0, 0.1) is 17.0 Å². The second kappa shape index (κ2) is 10.1. The first-order chi connectivity index (χ1) is 13.4. The van der Waals surface area contributed by atoms with Crippen molar-refractivity contribution >= 4 is 17.5 Å². The fourth-order valence-electron chi connectivity index (χ4n) is 2.44. The highest BCUT2D eigenvalue weighted by Crippen LogP contribution is 2.13. The summed E-state index contributed by atoms with van der Waals surface area (Å²) >= 11 is 0. The van der Waals surface area contributed by atoms with E-state index in [2.05, 4.69) is 5.32 Å². The van der Waals surface area contributed by atoms with Crippen LogP contribution in [0.5, 0.6) is 5.75 Å². The van der Waals surface area contributed by atoms with Crippen molar-refractivity contribution in [2.45, 2.75) is 13.3 Å². The van der Waals surface area contributed by atoms with Crippen molar-refractivity contribution in [3.05, 3.63) is 69.8 Å². The Balaban J connectivity index is 1.69. The van der Waals surface area contributed by atoms with Crippen LogP contribution >= 0.6 is 0 Å². The van der Waals surface area contributed by atoms with Crippen molar-refractivity contribution in [1.29, 1.82) is 0 Å². The number of amides is 2. The number of carbonyl (C=O) groups excluding carboxylic acids is 2. The molecule has 2 amide bonds. The average Bonchev–Trinajstić information content (AvgIpc) is 2.67. The maximum Gasteiger partial charge on any atom is 0.269 e. The zero-order valence-corrected chi connectivity index (χ0v) is 15.9. The van der Waals surface area contributed by atoms with Crippen molar-refractivity contribution in [1.82, 2.24) is 10.2 Å². The fourth-order valence-corrected chi connectivity index (χ4v) is 2.44. The molecule has 0 heterocycles. The normalized spacial score (nSPS) is 10.2. The fraction of sp³-hybridized carbons (Fsp3) is 0.300. The monoisotopic (exact) mass is 385 g/mol. The van der Waals surface area contributed by atoms with Crippen molar-refractivity contribution in [3.63, 3.8) is 0 Å². The molecule has 148 valence electrons. The van der Waals surface area contributed by atoms with Gasteiger partial charge in [-0.05, 0) is 36.8 Å². The Morgan fingerprint density at radius 1 is 1.18 bits per heavy atom. The Kier molecular flexibility index (Phi) is 7.50. The highest BCUT2D eigenvalue weighted by atomic mass is 16.6. The standard InChI is InChI=1S/C20H23N3O5/c1-15-4-3-5-18(14-15)28-13-12-22(2)19(24)10-11-21-20(25)16-6-8-17(9-7-16)23(26)27/h3-9,14H,10-13H2,1-2H3,(H,21,25). The van der Waals surface area contributed by atoms with Crippen molar-refractivity contribution in [3.8, 4) is 5.75 Å². The number of benzene rings is 2. The number of nitro benzene ring substituents is 1. The minimum absolute atomic E-state index is 0.0822. The minimum atomic E-state index is -0.529. The molecule has 0 atom stereocenters. The molecule has 0 aromatic heterocycles. The molecule has 0 aliphatic heterocycles. The molecule has 28 heavy (non-hydrogen) atoms. The number of ether oxygens (including phenoxy) is 1. The SMILES string of the molecule is Cc1cccc(OCCN(C)C(=O)CCNC(=O)c2ccc([N+](=O)[O-])cc2)c1. The number of nitrogens with zero attached hydrogens (tertiary/aromatic N) is 2. The molecule has 0 radical (unpaired) electrons. The molecule has 0 fully saturated rings. The summed E-state index contributed by atoms with van der Waals surface area (Å²) in [5, 5.41) is 13.3. The van der Waals surface area contributed by atoms with Gasteiger partial charge in [-0.1, -0.05) is 12.1 Å². The molecule has 0 saturated heterocycles. The van der Waals surface area contributed by atoms with Gasteiger partial charge in [0.25, 0.3) is 11.6 Å². The van der Waals surface area contributed by atoms with Crippen molar-refractivity contribution < 1.29 is 19.2 Å². The van der Waals surface area contributed by atoms with E-state index < -0.39 is 4.92 Å². The molecule has 2 rings (SSSR count). The maximum absolute atomic E-state index is 12.1. The third kappa shape index (κ3) is 6.39. The molecule has 0 unspecified atom stereocenters. The largest absolute Gasteiger partial charge is 0.492 e. The zero-order valence-electron chi connectivity index (χ0n) is 15.9. The van der Waals surface area contributed by atoms with Gasteiger partial charge in [0.05, 0.1) is 11.5 Å². The Morgan fingerprint density at radius 3 is 2.54 bits per heavy atom. The van der Waals surface area contributed by atoms with Gasteiger partial charge in [-0.15, -0.1) is 0 Å². The summed E-state index contributed by atoms with van der Waals surface area (Å²) in [6, 6.07) is 13.0. The van der Waals surface area contributed by atoms with Crippen LogP contribution in [0.15, 0.2) is 48.5 Å². The van der Waals surface area contributed by atoms with E-state index in [1.165, 1.54) is 24.3 Å². The Morgan fingerprint density at radius 2 is 1.89 bits per heavy atom. The number of likely N-dealkylation sites (N-methyl/N-ethyl adjacent to an activating group) is 1. The third-order valence-electron chi connectivity index (χ3n) is 4.08. The number of non-ortho nitro benzene ring substituents is 1. The van der Waals surface area contributed by atoms with Gasteiger partial charge in [-0.25, -0.2) is 0 Å². The van der Waals surface area contributed by atoms with E-state index in [9.17, 15) is 19.7 Å².